The predicted octanol–water partition coefficient (Wildman–Crippen LogP) is 4.66. The number of aryl methyl sites for hydroxylation is 1. The molecule has 0 bridgehead atoms. The number of rotatable bonds is 12. The molecule has 4 aromatic carbocycles. The van der Waals surface area contributed by atoms with Gasteiger partial charge in [-0.2, -0.15) is 0 Å². The molecule has 0 unspecified atom stereocenters. The van der Waals surface area contributed by atoms with Gasteiger partial charge < -0.3 is 19.5 Å². The fourth-order valence-electron chi connectivity index (χ4n) is 4.16. The molecule has 0 aliphatic carbocycles. The Balaban J connectivity index is 1.59. The van der Waals surface area contributed by atoms with Crippen LogP contribution in [0.3, 0.4) is 0 Å². The van der Waals surface area contributed by atoms with Gasteiger partial charge in [-0.05, 0) is 73.2 Å². The van der Waals surface area contributed by atoms with Gasteiger partial charge in [0.2, 0.25) is 5.91 Å². The maximum absolute atomic E-state index is 13.7. The topological polar surface area (TPSA) is 140 Å². The van der Waals surface area contributed by atoms with Crippen molar-refractivity contribution in [1.82, 2.24) is 0 Å². The quantitative estimate of drug-likeness (QED) is 0.232. The molecule has 11 nitrogen and oxygen atoms in total. The van der Waals surface area contributed by atoms with Gasteiger partial charge in [-0.1, -0.05) is 24.3 Å². The van der Waals surface area contributed by atoms with Gasteiger partial charge in [-0.15, -0.1) is 0 Å². The van der Waals surface area contributed by atoms with Gasteiger partial charge in [0.25, 0.3) is 20.0 Å². The van der Waals surface area contributed by atoms with E-state index in [0.29, 0.717) is 11.5 Å². The molecule has 4 aromatic rings. The van der Waals surface area contributed by atoms with Crippen molar-refractivity contribution in [2.24, 2.45) is 0 Å². The molecular weight excluding hydrogens is 594 g/mol. The molecule has 2 N–H and O–H groups in total. The number of ether oxygens (including phenoxy) is 3. The molecule has 0 aliphatic heterocycles. The monoisotopic (exact) mass is 625 g/mol. The summed E-state index contributed by atoms with van der Waals surface area (Å²) >= 11 is 0. The summed E-state index contributed by atoms with van der Waals surface area (Å²) in [6, 6.07) is 22.9. The molecular formula is C30H31N3O8S2. The normalized spacial score (nSPS) is 11.3. The molecule has 0 spiro atoms. The van der Waals surface area contributed by atoms with Gasteiger partial charge in [0.05, 0.1) is 42.5 Å². The number of nitrogens with zero attached hydrogens (tertiary/aromatic N) is 1. The second kappa shape index (κ2) is 13.0. The van der Waals surface area contributed by atoms with Crippen molar-refractivity contribution in [2.75, 3.05) is 42.2 Å². The lowest BCUT2D eigenvalue weighted by Crippen LogP contribution is -2.38. The zero-order chi connectivity index (χ0) is 31.2. The summed E-state index contributed by atoms with van der Waals surface area (Å²) in [4.78, 5) is 13.1. The minimum atomic E-state index is -4.22. The summed E-state index contributed by atoms with van der Waals surface area (Å²) in [5.41, 5.74) is 1.48. The molecule has 0 heterocycles. The lowest BCUT2D eigenvalue weighted by atomic mass is 10.2. The first kappa shape index (κ1) is 31.2. The van der Waals surface area contributed by atoms with Crippen LogP contribution in [0, 0.1) is 6.92 Å². The number of benzene rings is 4. The molecule has 1 amide bonds. The zero-order valence-electron chi connectivity index (χ0n) is 23.9. The third-order valence-electron chi connectivity index (χ3n) is 6.32. The first-order valence-corrected chi connectivity index (χ1v) is 15.8. The van der Waals surface area contributed by atoms with Gasteiger partial charge in [0.1, 0.15) is 23.8 Å². The Morgan fingerprint density at radius 2 is 1.40 bits per heavy atom. The Labute approximate surface area is 251 Å². The summed E-state index contributed by atoms with van der Waals surface area (Å²) in [5, 5.41) is 2.63. The molecule has 0 saturated carbocycles. The van der Waals surface area contributed by atoms with Crippen molar-refractivity contribution >= 4 is 43.0 Å². The highest BCUT2D eigenvalue weighted by Gasteiger charge is 2.30. The van der Waals surface area contributed by atoms with Crippen LogP contribution in [-0.4, -0.2) is 50.6 Å². The van der Waals surface area contributed by atoms with Crippen LogP contribution in [-0.2, 0) is 24.8 Å². The van der Waals surface area contributed by atoms with Crippen molar-refractivity contribution < 1.29 is 35.8 Å². The Morgan fingerprint density at radius 3 is 2.02 bits per heavy atom. The molecule has 13 heteroatoms. The van der Waals surface area contributed by atoms with Crippen LogP contribution in [0.25, 0.3) is 0 Å². The largest absolute Gasteiger partial charge is 0.497 e. The van der Waals surface area contributed by atoms with E-state index in [0.717, 1.165) is 9.87 Å². The van der Waals surface area contributed by atoms with Crippen LogP contribution in [0.4, 0.5) is 17.1 Å². The van der Waals surface area contributed by atoms with Crippen LogP contribution < -0.4 is 28.6 Å². The van der Waals surface area contributed by atoms with E-state index >= 15 is 0 Å². The summed E-state index contributed by atoms with van der Waals surface area (Å²) in [6.07, 6.45) is 0. The van der Waals surface area contributed by atoms with Crippen molar-refractivity contribution in [1.29, 1.82) is 0 Å². The minimum absolute atomic E-state index is 0.0278. The highest BCUT2D eigenvalue weighted by atomic mass is 32.2. The first-order valence-electron chi connectivity index (χ1n) is 12.9. The number of nitrogens with one attached hydrogen (secondary N) is 2. The van der Waals surface area contributed by atoms with Gasteiger partial charge in [0.15, 0.2) is 0 Å². The van der Waals surface area contributed by atoms with Gasteiger partial charge >= 0.3 is 0 Å². The summed E-state index contributed by atoms with van der Waals surface area (Å²) < 4.78 is 72.9. The molecule has 226 valence electrons. The summed E-state index contributed by atoms with van der Waals surface area (Å²) in [5.74, 6) is 0.252. The van der Waals surface area contributed by atoms with Crippen LogP contribution in [0.5, 0.6) is 17.2 Å². The number of anilines is 3. The Morgan fingerprint density at radius 1 is 0.744 bits per heavy atom. The Hall–Kier alpha value is -4.75. The maximum Gasteiger partial charge on any atom is 0.264 e. The van der Waals surface area contributed by atoms with Crippen LogP contribution in [0.15, 0.2) is 101 Å². The maximum atomic E-state index is 13.7. The zero-order valence-corrected chi connectivity index (χ0v) is 25.5. The number of carbonyl (C=O) groups is 1. The molecule has 4 rings (SSSR count). The average molecular weight is 626 g/mol. The van der Waals surface area contributed by atoms with Gasteiger partial charge in [-0.25, -0.2) is 16.8 Å². The number of hydrogen-bond donors (Lipinski definition) is 2. The van der Waals surface area contributed by atoms with E-state index in [4.69, 9.17) is 14.2 Å². The summed E-state index contributed by atoms with van der Waals surface area (Å²) in [6.45, 7) is 1.21. The van der Waals surface area contributed by atoms with Crippen molar-refractivity contribution in [3.63, 3.8) is 0 Å². The van der Waals surface area contributed by atoms with Crippen molar-refractivity contribution in [3.8, 4) is 17.2 Å². The SMILES string of the molecule is COc1ccc(OC)c(N(CC(=O)Nc2ccc(S(=O)(=O)Nc3cc(C)ccc3OC)cc2)S(=O)(=O)c2ccccc2)c1. The minimum Gasteiger partial charge on any atom is -0.497 e. The van der Waals surface area contributed by atoms with E-state index < -0.39 is 32.5 Å². The van der Waals surface area contributed by atoms with E-state index in [-0.39, 0.29) is 32.6 Å². The average Bonchev–Trinajstić information content (AvgIpc) is 3.00. The van der Waals surface area contributed by atoms with E-state index in [1.54, 1.807) is 48.5 Å². The fourth-order valence-corrected chi connectivity index (χ4v) is 6.67. The third kappa shape index (κ3) is 7.19. The van der Waals surface area contributed by atoms with Crippen LogP contribution in [0.2, 0.25) is 0 Å². The molecule has 0 aromatic heterocycles. The number of methoxy groups -OCH3 is 3. The summed E-state index contributed by atoms with van der Waals surface area (Å²) in [7, 11) is -3.94. The highest BCUT2D eigenvalue weighted by Crippen LogP contribution is 2.36. The first-order chi connectivity index (χ1) is 20.5. The lowest BCUT2D eigenvalue weighted by Gasteiger charge is -2.26. The number of carbonyl (C=O) groups excluding carboxylic acids is 1. The van der Waals surface area contributed by atoms with Gasteiger partial charge in [-0.3, -0.25) is 13.8 Å². The molecule has 0 fully saturated rings. The van der Waals surface area contributed by atoms with Gasteiger partial charge in [0, 0.05) is 11.8 Å². The molecule has 0 atom stereocenters. The Kier molecular flexibility index (Phi) is 9.46. The second-order valence-corrected chi connectivity index (χ2v) is 12.8. The number of amides is 1. The fraction of sp³-hybridized carbons (Fsp3) is 0.167. The number of hydrogen-bond acceptors (Lipinski definition) is 8. The lowest BCUT2D eigenvalue weighted by molar-refractivity contribution is -0.114. The van der Waals surface area contributed by atoms with Crippen molar-refractivity contribution in [2.45, 2.75) is 16.7 Å². The second-order valence-electron chi connectivity index (χ2n) is 9.24. The van der Waals surface area contributed by atoms with E-state index in [2.05, 4.69) is 10.0 Å². The number of sulfonamides is 2. The highest BCUT2D eigenvalue weighted by molar-refractivity contribution is 7.93. The molecule has 0 saturated heterocycles. The molecule has 0 radical (unpaired) electrons. The van der Waals surface area contributed by atoms with E-state index in [1.807, 2.05) is 6.92 Å². The van der Waals surface area contributed by atoms with Crippen molar-refractivity contribution in [3.05, 3.63) is 96.6 Å². The smallest absolute Gasteiger partial charge is 0.264 e. The van der Waals surface area contributed by atoms with Crippen LogP contribution in [0.1, 0.15) is 5.56 Å². The molecule has 0 aliphatic rings. The standard InChI is InChI=1S/C30H31N3O8S2/c1-21-10-16-28(40-3)26(18-21)32-42(35,36)24-14-11-22(12-15-24)31-30(34)20-33(43(37,38)25-8-6-5-7-9-25)27-19-23(39-2)13-17-29(27)41-4/h5-19,32H,20H2,1-4H3,(H,31,34). The Bertz CT molecular complexity index is 1810. The van der Waals surface area contributed by atoms with E-state index in [9.17, 15) is 21.6 Å². The molecule has 43 heavy (non-hydrogen) atoms. The third-order valence-corrected chi connectivity index (χ3v) is 9.48. The van der Waals surface area contributed by atoms with Crippen LogP contribution >= 0.6 is 0 Å². The predicted molar refractivity (Wildman–Crippen MR) is 164 cm³/mol. The van der Waals surface area contributed by atoms with E-state index in [1.165, 1.54) is 63.8 Å².